The average molecular weight is 248 g/mol. The number of carbonyl (C=O) groups is 2. The van der Waals surface area contributed by atoms with Gasteiger partial charge in [0, 0.05) is 0 Å². The van der Waals surface area contributed by atoms with Crippen LogP contribution in [0.4, 0.5) is 0 Å². The van der Waals surface area contributed by atoms with Gasteiger partial charge in [-0.05, 0) is 24.3 Å². The van der Waals surface area contributed by atoms with Crippen molar-refractivity contribution in [3.8, 4) is 0 Å². The van der Waals surface area contributed by atoms with Crippen molar-refractivity contribution in [2.75, 3.05) is 12.0 Å². The van der Waals surface area contributed by atoms with Crippen molar-refractivity contribution < 1.29 is 14.7 Å². The number of thioether (sulfide) groups is 1. The molecule has 0 fully saturated rings. The molecule has 0 saturated carbocycles. The summed E-state index contributed by atoms with van der Waals surface area (Å²) in [6.45, 7) is 3.64. The van der Waals surface area contributed by atoms with Crippen LogP contribution in [0.1, 0.15) is 20.3 Å². The van der Waals surface area contributed by atoms with Gasteiger partial charge in [0.15, 0.2) is 0 Å². The molecule has 5 nitrogen and oxygen atoms in total. The largest absolute Gasteiger partial charge is 0.480 e. The summed E-state index contributed by atoms with van der Waals surface area (Å²) in [6, 6.07) is -1.50. The zero-order valence-corrected chi connectivity index (χ0v) is 10.7. The minimum atomic E-state index is -1.02. The maximum Gasteiger partial charge on any atom is 0.326 e. The van der Waals surface area contributed by atoms with Crippen LogP contribution in [-0.4, -0.2) is 41.1 Å². The lowest BCUT2D eigenvalue weighted by molar-refractivity contribution is -0.142. The van der Waals surface area contributed by atoms with E-state index in [9.17, 15) is 9.59 Å². The molecule has 6 heteroatoms. The first-order valence-electron chi connectivity index (χ1n) is 5.17. The second-order valence-corrected chi connectivity index (χ2v) is 4.94. The molecule has 1 amide bonds. The van der Waals surface area contributed by atoms with Gasteiger partial charge in [0.25, 0.3) is 0 Å². The van der Waals surface area contributed by atoms with Crippen molar-refractivity contribution in [3.05, 3.63) is 0 Å². The van der Waals surface area contributed by atoms with Gasteiger partial charge in [-0.3, -0.25) is 4.79 Å². The molecular formula is C10H20N2O3S. The summed E-state index contributed by atoms with van der Waals surface area (Å²) < 4.78 is 0. The molecule has 0 bridgehead atoms. The molecule has 16 heavy (non-hydrogen) atoms. The number of carboxylic acids is 1. The van der Waals surface area contributed by atoms with Gasteiger partial charge in [-0.15, -0.1) is 0 Å². The standard InChI is InChI=1S/C10H20N2O3S/c1-6(2)8(11)9(13)12-7(10(14)15)4-5-16-3/h6-8H,4-5,11H2,1-3H3,(H,12,13)(H,14,15)/t7-,8+/m0/s1. The predicted molar refractivity (Wildman–Crippen MR) is 65.4 cm³/mol. The Hall–Kier alpha value is -0.750. The minimum Gasteiger partial charge on any atom is -0.480 e. The lowest BCUT2D eigenvalue weighted by atomic mass is 10.0. The number of carboxylic acid groups (broad SMARTS) is 1. The number of nitrogens with one attached hydrogen (secondary N) is 1. The molecule has 0 aromatic carbocycles. The third-order valence-corrected chi connectivity index (χ3v) is 2.89. The highest BCUT2D eigenvalue weighted by Gasteiger charge is 2.24. The normalized spacial score (nSPS) is 14.6. The lowest BCUT2D eigenvalue weighted by Crippen LogP contribution is -2.50. The van der Waals surface area contributed by atoms with E-state index in [0.29, 0.717) is 12.2 Å². The highest BCUT2D eigenvalue weighted by atomic mass is 32.2. The average Bonchev–Trinajstić information content (AvgIpc) is 2.21. The maximum absolute atomic E-state index is 11.6. The van der Waals surface area contributed by atoms with Crippen molar-refractivity contribution >= 4 is 23.6 Å². The van der Waals surface area contributed by atoms with E-state index in [1.165, 1.54) is 0 Å². The molecule has 0 heterocycles. The van der Waals surface area contributed by atoms with E-state index < -0.39 is 24.0 Å². The summed E-state index contributed by atoms with van der Waals surface area (Å²) in [7, 11) is 0. The van der Waals surface area contributed by atoms with E-state index >= 15 is 0 Å². The molecule has 0 aromatic heterocycles. The highest BCUT2D eigenvalue weighted by molar-refractivity contribution is 7.98. The van der Waals surface area contributed by atoms with E-state index in [0.717, 1.165) is 0 Å². The van der Waals surface area contributed by atoms with Gasteiger partial charge in [0.1, 0.15) is 6.04 Å². The van der Waals surface area contributed by atoms with Crippen molar-refractivity contribution in [1.29, 1.82) is 0 Å². The smallest absolute Gasteiger partial charge is 0.326 e. The molecule has 0 aliphatic heterocycles. The monoisotopic (exact) mass is 248 g/mol. The summed E-state index contributed by atoms with van der Waals surface area (Å²) >= 11 is 1.54. The predicted octanol–water partition coefficient (Wildman–Crippen LogP) is 0.292. The molecule has 2 atom stereocenters. The van der Waals surface area contributed by atoms with Crippen LogP contribution in [0.2, 0.25) is 0 Å². The Morgan fingerprint density at radius 1 is 1.44 bits per heavy atom. The number of amides is 1. The molecule has 0 aliphatic carbocycles. The Labute approximate surface area is 100 Å². The molecule has 0 rings (SSSR count). The highest BCUT2D eigenvalue weighted by Crippen LogP contribution is 2.03. The van der Waals surface area contributed by atoms with Gasteiger partial charge in [-0.1, -0.05) is 13.8 Å². The van der Waals surface area contributed by atoms with Crippen LogP contribution in [0.3, 0.4) is 0 Å². The Kier molecular flexibility index (Phi) is 7.16. The van der Waals surface area contributed by atoms with E-state index in [-0.39, 0.29) is 5.92 Å². The van der Waals surface area contributed by atoms with Gasteiger partial charge < -0.3 is 16.2 Å². The fourth-order valence-electron chi connectivity index (χ4n) is 1.06. The molecule has 0 aromatic rings. The number of rotatable bonds is 7. The zero-order valence-electron chi connectivity index (χ0n) is 9.90. The summed E-state index contributed by atoms with van der Waals surface area (Å²) in [5.74, 6) is -0.731. The zero-order chi connectivity index (χ0) is 12.7. The number of aliphatic carboxylic acids is 1. The molecule has 0 unspecified atom stereocenters. The molecular weight excluding hydrogens is 228 g/mol. The number of nitrogens with two attached hydrogens (primary N) is 1. The summed E-state index contributed by atoms with van der Waals surface area (Å²) in [5.41, 5.74) is 5.63. The van der Waals surface area contributed by atoms with Crippen molar-refractivity contribution in [2.45, 2.75) is 32.4 Å². The van der Waals surface area contributed by atoms with Crippen molar-refractivity contribution in [3.63, 3.8) is 0 Å². The first kappa shape index (κ1) is 15.2. The topological polar surface area (TPSA) is 92.4 Å². The molecule has 4 N–H and O–H groups in total. The fourth-order valence-corrected chi connectivity index (χ4v) is 1.54. The van der Waals surface area contributed by atoms with Gasteiger partial charge in [0.2, 0.25) is 5.91 Å². The molecule has 0 saturated heterocycles. The van der Waals surface area contributed by atoms with Crippen LogP contribution in [-0.2, 0) is 9.59 Å². The van der Waals surface area contributed by atoms with Crippen LogP contribution in [0.25, 0.3) is 0 Å². The Morgan fingerprint density at radius 3 is 2.38 bits per heavy atom. The molecule has 94 valence electrons. The van der Waals surface area contributed by atoms with E-state index in [1.54, 1.807) is 11.8 Å². The van der Waals surface area contributed by atoms with Gasteiger partial charge in [-0.25, -0.2) is 4.79 Å². The van der Waals surface area contributed by atoms with Crippen molar-refractivity contribution in [2.24, 2.45) is 11.7 Å². The second kappa shape index (κ2) is 7.51. The molecule has 0 spiro atoms. The van der Waals surface area contributed by atoms with Crippen LogP contribution < -0.4 is 11.1 Å². The van der Waals surface area contributed by atoms with Crippen LogP contribution in [0.15, 0.2) is 0 Å². The van der Waals surface area contributed by atoms with Crippen LogP contribution in [0, 0.1) is 5.92 Å². The number of hydrogen-bond donors (Lipinski definition) is 3. The third kappa shape index (κ3) is 5.37. The van der Waals surface area contributed by atoms with Gasteiger partial charge in [0.05, 0.1) is 6.04 Å². The fraction of sp³-hybridized carbons (Fsp3) is 0.800. The van der Waals surface area contributed by atoms with E-state index in [2.05, 4.69) is 5.32 Å². The molecule has 0 aliphatic rings. The van der Waals surface area contributed by atoms with E-state index in [4.69, 9.17) is 10.8 Å². The maximum atomic E-state index is 11.6. The minimum absolute atomic E-state index is 0.00463. The summed E-state index contributed by atoms with van der Waals surface area (Å²) in [5, 5.41) is 11.4. The Balaban J connectivity index is 4.28. The van der Waals surface area contributed by atoms with Gasteiger partial charge >= 0.3 is 5.97 Å². The quantitative estimate of drug-likeness (QED) is 0.602. The van der Waals surface area contributed by atoms with E-state index in [1.807, 2.05) is 20.1 Å². The third-order valence-electron chi connectivity index (χ3n) is 2.25. The molecule has 0 radical (unpaired) electrons. The SMILES string of the molecule is CSCC[C@H](NC(=O)[C@H](N)C(C)C)C(=O)O. The first-order valence-corrected chi connectivity index (χ1v) is 6.57. The Bertz CT molecular complexity index is 246. The lowest BCUT2D eigenvalue weighted by Gasteiger charge is -2.19. The van der Waals surface area contributed by atoms with Crippen LogP contribution >= 0.6 is 11.8 Å². The van der Waals surface area contributed by atoms with Crippen LogP contribution in [0.5, 0.6) is 0 Å². The summed E-state index contributed by atoms with van der Waals surface area (Å²) in [6.07, 6.45) is 2.30. The Morgan fingerprint density at radius 2 is 2.00 bits per heavy atom. The van der Waals surface area contributed by atoms with Crippen molar-refractivity contribution in [1.82, 2.24) is 5.32 Å². The number of carbonyl (C=O) groups excluding carboxylic acids is 1. The first-order chi connectivity index (χ1) is 7.40. The second-order valence-electron chi connectivity index (χ2n) is 3.95. The summed E-state index contributed by atoms with van der Waals surface area (Å²) in [4.78, 5) is 22.4. The number of hydrogen-bond acceptors (Lipinski definition) is 4. The van der Waals surface area contributed by atoms with Gasteiger partial charge in [-0.2, -0.15) is 11.8 Å².